The summed E-state index contributed by atoms with van der Waals surface area (Å²) in [7, 11) is 0. The van der Waals surface area contributed by atoms with Crippen molar-refractivity contribution in [2.24, 2.45) is 0 Å². The quantitative estimate of drug-likeness (QED) is 0.617. The lowest BCUT2D eigenvalue weighted by molar-refractivity contribution is 0.0958. The maximum atomic E-state index is 11.3. The Balaban J connectivity index is 2.67. The predicted octanol–water partition coefficient (Wildman–Crippen LogP) is 0.686. The van der Waals surface area contributed by atoms with Crippen LogP contribution in [0.15, 0.2) is 12.4 Å². The molecule has 0 unspecified atom stereocenters. The smallest absolute Gasteiger partial charge is 0.253 e. The molecule has 0 atom stereocenters. The van der Waals surface area contributed by atoms with Crippen LogP contribution in [0.25, 0.3) is 0 Å². The first kappa shape index (κ1) is 8.41. The van der Waals surface area contributed by atoms with Gasteiger partial charge in [-0.05, 0) is 12.5 Å². The standard InChI is InChI=1S/C9H10N2O/c1-3-4-11-9(12)8-6-10-5-7(8)2/h1,5-6,10H,4H2,2H3,(H,11,12). The van der Waals surface area contributed by atoms with Gasteiger partial charge < -0.3 is 10.3 Å². The molecule has 1 aromatic heterocycles. The Bertz CT molecular complexity index is 320. The average Bonchev–Trinajstić information content (AvgIpc) is 2.47. The van der Waals surface area contributed by atoms with E-state index in [4.69, 9.17) is 6.42 Å². The number of aromatic nitrogens is 1. The molecule has 1 amide bonds. The Labute approximate surface area is 71.2 Å². The number of amides is 1. The number of aromatic amines is 1. The molecule has 1 heterocycles. The van der Waals surface area contributed by atoms with Crippen molar-refractivity contribution >= 4 is 5.91 Å². The molecule has 0 aliphatic rings. The number of aryl methyl sites for hydroxylation is 1. The van der Waals surface area contributed by atoms with Crippen molar-refractivity contribution in [3.8, 4) is 12.3 Å². The van der Waals surface area contributed by atoms with Crippen molar-refractivity contribution in [1.82, 2.24) is 10.3 Å². The SMILES string of the molecule is C#CCNC(=O)c1c[nH]cc1C. The minimum absolute atomic E-state index is 0.133. The van der Waals surface area contributed by atoms with Crippen LogP contribution in [0.4, 0.5) is 0 Å². The van der Waals surface area contributed by atoms with Crippen molar-refractivity contribution in [2.75, 3.05) is 6.54 Å². The van der Waals surface area contributed by atoms with E-state index in [2.05, 4.69) is 16.2 Å². The molecule has 0 aromatic carbocycles. The second-order valence-corrected chi connectivity index (χ2v) is 2.44. The Morgan fingerprint density at radius 2 is 2.50 bits per heavy atom. The first-order valence-corrected chi connectivity index (χ1v) is 3.60. The van der Waals surface area contributed by atoms with E-state index in [0.717, 1.165) is 5.56 Å². The summed E-state index contributed by atoms with van der Waals surface area (Å²) in [6.45, 7) is 2.13. The van der Waals surface area contributed by atoms with Gasteiger partial charge in [0.25, 0.3) is 5.91 Å². The van der Waals surface area contributed by atoms with Crippen LogP contribution in [0.1, 0.15) is 15.9 Å². The summed E-state index contributed by atoms with van der Waals surface area (Å²) in [4.78, 5) is 14.1. The first-order chi connectivity index (χ1) is 5.75. The Hall–Kier alpha value is -1.69. The number of carbonyl (C=O) groups is 1. The molecule has 3 nitrogen and oxygen atoms in total. The Morgan fingerprint density at radius 1 is 1.75 bits per heavy atom. The van der Waals surface area contributed by atoms with Gasteiger partial charge in [0.05, 0.1) is 12.1 Å². The molecule has 3 heteroatoms. The maximum absolute atomic E-state index is 11.3. The molecule has 1 aromatic rings. The van der Waals surface area contributed by atoms with Crippen LogP contribution in [-0.2, 0) is 0 Å². The number of hydrogen-bond acceptors (Lipinski definition) is 1. The van der Waals surface area contributed by atoms with Crippen LogP contribution in [0, 0.1) is 19.3 Å². The minimum Gasteiger partial charge on any atom is -0.367 e. The van der Waals surface area contributed by atoms with E-state index in [0.29, 0.717) is 5.56 Å². The van der Waals surface area contributed by atoms with Crippen LogP contribution in [0.2, 0.25) is 0 Å². The Kier molecular flexibility index (Phi) is 2.54. The van der Waals surface area contributed by atoms with Gasteiger partial charge in [-0.3, -0.25) is 4.79 Å². The lowest BCUT2D eigenvalue weighted by atomic mass is 10.2. The van der Waals surface area contributed by atoms with Gasteiger partial charge in [-0.2, -0.15) is 0 Å². The van der Waals surface area contributed by atoms with Gasteiger partial charge in [0.15, 0.2) is 0 Å². The monoisotopic (exact) mass is 162 g/mol. The molecule has 0 bridgehead atoms. The predicted molar refractivity (Wildman–Crippen MR) is 46.7 cm³/mol. The molecule has 62 valence electrons. The molecule has 12 heavy (non-hydrogen) atoms. The number of H-pyrrole nitrogens is 1. The largest absolute Gasteiger partial charge is 0.367 e. The number of carbonyl (C=O) groups excluding carboxylic acids is 1. The molecule has 0 spiro atoms. The fraction of sp³-hybridized carbons (Fsp3) is 0.222. The third kappa shape index (κ3) is 1.67. The number of nitrogens with one attached hydrogen (secondary N) is 2. The zero-order chi connectivity index (χ0) is 8.97. The first-order valence-electron chi connectivity index (χ1n) is 3.60. The van der Waals surface area contributed by atoms with Crippen molar-refractivity contribution in [1.29, 1.82) is 0 Å². The molecule has 0 fully saturated rings. The lowest BCUT2D eigenvalue weighted by Crippen LogP contribution is -2.23. The highest BCUT2D eigenvalue weighted by molar-refractivity contribution is 5.95. The zero-order valence-corrected chi connectivity index (χ0v) is 6.85. The Morgan fingerprint density at radius 3 is 3.00 bits per heavy atom. The zero-order valence-electron chi connectivity index (χ0n) is 6.85. The van der Waals surface area contributed by atoms with Gasteiger partial charge in [-0.1, -0.05) is 5.92 Å². The molecular formula is C9H10N2O. The second-order valence-electron chi connectivity index (χ2n) is 2.44. The van der Waals surface area contributed by atoms with Crippen molar-refractivity contribution in [3.05, 3.63) is 23.5 Å². The minimum atomic E-state index is -0.133. The number of rotatable bonds is 2. The van der Waals surface area contributed by atoms with E-state index in [9.17, 15) is 4.79 Å². The van der Waals surface area contributed by atoms with Crippen molar-refractivity contribution in [2.45, 2.75) is 6.92 Å². The average molecular weight is 162 g/mol. The molecular weight excluding hydrogens is 152 g/mol. The second kappa shape index (κ2) is 3.63. The van der Waals surface area contributed by atoms with E-state index in [1.165, 1.54) is 0 Å². The fourth-order valence-electron chi connectivity index (χ4n) is 0.913. The highest BCUT2D eigenvalue weighted by Crippen LogP contribution is 2.04. The van der Waals surface area contributed by atoms with Gasteiger partial charge in [0.1, 0.15) is 0 Å². The van der Waals surface area contributed by atoms with Crippen LogP contribution < -0.4 is 5.32 Å². The van der Waals surface area contributed by atoms with Gasteiger partial charge in [-0.15, -0.1) is 6.42 Å². The summed E-state index contributed by atoms with van der Waals surface area (Å²) in [5.74, 6) is 2.21. The molecule has 1 rings (SSSR count). The van der Waals surface area contributed by atoms with Crippen LogP contribution >= 0.6 is 0 Å². The maximum Gasteiger partial charge on any atom is 0.253 e. The summed E-state index contributed by atoms with van der Waals surface area (Å²) in [6.07, 6.45) is 8.42. The topological polar surface area (TPSA) is 44.9 Å². The van der Waals surface area contributed by atoms with Gasteiger partial charge in [0.2, 0.25) is 0 Å². The fourth-order valence-corrected chi connectivity index (χ4v) is 0.913. The molecule has 0 radical (unpaired) electrons. The summed E-state index contributed by atoms with van der Waals surface area (Å²) in [5.41, 5.74) is 1.56. The van der Waals surface area contributed by atoms with E-state index < -0.39 is 0 Å². The van der Waals surface area contributed by atoms with Gasteiger partial charge in [-0.25, -0.2) is 0 Å². The highest BCUT2D eigenvalue weighted by Gasteiger charge is 2.07. The summed E-state index contributed by atoms with van der Waals surface area (Å²) in [6, 6.07) is 0. The van der Waals surface area contributed by atoms with Gasteiger partial charge >= 0.3 is 0 Å². The molecule has 2 N–H and O–H groups in total. The molecule has 0 aliphatic carbocycles. The van der Waals surface area contributed by atoms with E-state index >= 15 is 0 Å². The van der Waals surface area contributed by atoms with Crippen molar-refractivity contribution in [3.63, 3.8) is 0 Å². The number of hydrogen-bond donors (Lipinski definition) is 2. The summed E-state index contributed by atoms with van der Waals surface area (Å²) >= 11 is 0. The summed E-state index contributed by atoms with van der Waals surface area (Å²) < 4.78 is 0. The molecule has 0 aliphatic heterocycles. The number of terminal acetylenes is 1. The normalized spacial score (nSPS) is 9.00. The van der Waals surface area contributed by atoms with Crippen molar-refractivity contribution < 1.29 is 4.79 Å². The van der Waals surface area contributed by atoms with E-state index in [1.54, 1.807) is 12.4 Å². The molecule has 0 saturated carbocycles. The van der Waals surface area contributed by atoms with Crippen LogP contribution in [0.5, 0.6) is 0 Å². The van der Waals surface area contributed by atoms with E-state index in [1.807, 2.05) is 6.92 Å². The lowest BCUT2D eigenvalue weighted by Gasteiger charge is -1.98. The van der Waals surface area contributed by atoms with Crippen LogP contribution in [0.3, 0.4) is 0 Å². The summed E-state index contributed by atoms with van der Waals surface area (Å²) in [5, 5.41) is 2.58. The van der Waals surface area contributed by atoms with Gasteiger partial charge in [0, 0.05) is 12.4 Å². The molecule has 0 saturated heterocycles. The van der Waals surface area contributed by atoms with E-state index in [-0.39, 0.29) is 12.5 Å². The van der Waals surface area contributed by atoms with Crippen LogP contribution in [-0.4, -0.2) is 17.4 Å². The third-order valence-electron chi connectivity index (χ3n) is 1.55. The third-order valence-corrected chi connectivity index (χ3v) is 1.55. The highest BCUT2D eigenvalue weighted by atomic mass is 16.1.